The van der Waals surface area contributed by atoms with E-state index in [1.54, 1.807) is 48.3 Å². The molecule has 0 aromatic heterocycles. The molecule has 8 heteroatoms. The summed E-state index contributed by atoms with van der Waals surface area (Å²) in [6.07, 6.45) is 0. The molecule has 3 aromatic rings. The molecule has 34 heavy (non-hydrogen) atoms. The first-order valence-electron chi connectivity index (χ1n) is 11.2. The summed E-state index contributed by atoms with van der Waals surface area (Å²) >= 11 is 0. The number of carbonyl (C=O) groups excluding carboxylic acids is 1. The van der Waals surface area contributed by atoms with Crippen LogP contribution < -0.4 is 9.21 Å². The molecule has 0 spiro atoms. The van der Waals surface area contributed by atoms with Crippen LogP contribution >= 0.6 is 0 Å². The van der Waals surface area contributed by atoms with E-state index >= 15 is 0 Å². The van der Waals surface area contributed by atoms with Crippen LogP contribution in [0.5, 0.6) is 0 Å². The number of benzene rings is 3. The lowest BCUT2D eigenvalue weighted by Crippen LogP contribution is -2.37. The van der Waals surface area contributed by atoms with E-state index in [1.165, 1.54) is 23.5 Å². The Balaban J connectivity index is 1.48. The summed E-state index contributed by atoms with van der Waals surface area (Å²) in [6, 6.07) is 23.1. The quantitative estimate of drug-likeness (QED) is 0.518. The summed E-state index contributed by atoms with van der Waals surface area (Å²) in [6.45, 7) is 3.48. The molecule has 1 fully saturated rings. The van der Waals surface area contributed by atoms with E-state index in [9.17, 15) is 13.2 Å². The van der Waals surface area contributed by atoms with Crippen molar-refractivity contribution in [1.29, 1.82) is 0 Å². The van der Waals surface area contributed by atoms with Gasteiger partial charge in [-0.3, -0.25) is 9.10 Å². The first-order chi connectivity index (χ1) is 16.4. The molecule has 1 amide bonds. The summed E-state index contributed by atoms with van der Waals surface area (Å²) < 4.78 is 32.7. The summed E-state index contributed by atoms with van der Waals surface area (Å²) in [5.41, 5.74) is 3.17. The van der Waals surface area contributed by atoms with Crippen LogP contribution in [0.25, 0.3) is 0 Å². The minimum absolute atomic E-state index is 0.135. The highest BCUT2D eigenvalue weighted by molar-refractivity contribution is 7.92. The lowest BCUT2D eigenvalue weighted by molar-refractivity contribution is 0.0784. The first-order valence-corrected chi connectivity index (χ1v) is 12.6. The molecule has 178 valence electrons. The fourth-order valence-corrected chi connectivity index (χ4v) is 5.20. The second-order valence-electron chi connectivity index (χ2n) is 8.22. The number of hydrogen-bond donors (Lipinski definition) is 0. The summed E-state index contributed by atoms with van der Waals surface area (Å²) in [7, 11) is -0.455. The number of hydrogen-bond acceptors (Lipinski definition) is 5. The molecule has 4 rings (SSSR count). The van der Waals surface area contributed by atoms with Gasteiger partial charge in [0.1, 0.15) is 0 Å². The highest BCUT2D eigenvalue weighted by atomic mass is 32.2. The van der Waals surface area contributed by atoms with Gasteiger partial charge in [0.05, 0.1) is 23.8 Å². The minimum Gasteiger partial charge on any atom is -0.378 e. The molecule has 0 N–H and O–H groups in total. The van der Waals surface area contributed by atoms with E-state index in [0.29, 0.717) is 31.0 Å². The smallest absolute Gasteiger partial charge is 0.264 e. The van der Waals surface area contributed by atoms with Crippen LogP contribution in [0.2, 0.25) is 0 Å². The number of para-hydroxylation sites is 2. The van der Waals surface area contributed by atoms with Gasteiger partial charge < -0.3 is 14.5 Å². The van der Waals surface area contributed by atoms with Crippen LogP contribution in [0.3, 0.4) is 0 Å². The molecule has 0 saturated carbocycles. The predicted molar refractivity (Wildman–Crippen MR) is 134 cm³/mol. The zero-order chi connectivity index (χ0) is 24.1. The van der Waals surface area contributed by atoms with Gasteiger partial charge in [0.2, 0.25) is 0 Å². The molecule has 0 aliphatic carbocycles. The number of carbonyl (C=O) groups is 1. The Bertz CT molecular complexity index is 1220. The van der Waals surface area contributed by atoms with Gasteiger partial charge in [-0.15, -0.1) is 0 Å². The number of ether oxygens (including phenoxy) is 1. The van der Waals surface area contributed by atoms with Crippen molar-refractivity contribution in [3.05, 3.63) is 90.0 Å². The Morgan fingerprint density at radius 3 is 2.18 bits per heavy atom. The van der Waals surface area contributed by atoms with Crippen LogP contribution in [0.4, 0.5) is 11.4 Å². The third-order valence-electron chi connectivity index (χ3n) is 5.98. The van der Waals surface area contributed by atoms with E-state index in [-0.39, 0.29) is 10.8 Å². The number of rotatable bonds is 7. The fourth-order valence-electron chi connectivity index (χ4n) is 4.01. The number of morpholine rings is 1. The van der Waals surface area contributed by atoms with Gasteiger partial charge in [-0.1, -0.05) is 36.4 Å². The van der Waals surface area contributed by atoms with E-state index in [1.807, 2.05) is 24.3 Å². The topological polar surface area (TPSA) is 70.2 Å². The SMILES string of the molecule is CN(Cc1ccccc1N1CCOCC1)C(=O)c1ccc(S(=O)(=O)N(C)c2ccccc2)cc1. The van der Waals surface area contributed by atoms with Crippen molar-refractivity contribution in [2.24, 2.45) is 0 Å². The Morgan fingerprint density at radius 1 is 0.882 bits per heavy atom. The Hall–Kier alpha value is -3.36. The van der Waals surface area contributed by atoms with Crippen molar-refractivity contribution in [3.63, 3.8) is 0 Å². The number of amides is 1. The Kier molecular flexibility index (Phi) is 7.19. The van der Waals surface area contributed by atoms with Crippen molar-refractivity contribution in [2.75, 3.05) is 49.6 Å². The molecule has 0 unspecified atom stereocenters. The first kappa shape index (κ1) is 23.8. The molecule has 1 aliphatic heterocycles. The van der Waals surface area contributed by atoms with Gasteiger partial charge in [0.25, 0.3) is 15.9 Å². The highest BCUT2D eigenvalue weighted by Crippen LogP contribution is 2.24. The maximum absolute atomic E-state index is 13.1. The predicted octanol–water partition coefficient (Wildman–Crippen LogP) is 3.62. The zero-order valence-corrected chi connectivity index (χ0v) is 20.2. The average molecular weight is 480 g/mol. The molecule has 0 atom stereocenters. The Labute approximate surface area is 201 Å². The maximum atomic E-state index is 13.1. The normalized spacial score (nSPS) is 14.0. The van der Waals surface area contributed by atoms with Crippen molar-refractivity contribution >= 4 is 27.3 Å². The lowest BCUT2D eigenvalue weighted by Gasteiger charge is -2.31. The van der Waals surface area contributed by atoms with Gasteiger partial charge in [-0.2, -0.15) is 0 Å². The molecule has 0 radical (unpaired) electrons. The second kappa shape index (κ2) is 10.3. The van der Waals surface area contributed by atoms with Gasteiger partial charge in [0.15, 0.2) is 0 Å². The molecule has 7 nitrogen and oxygen atoms in total. The lowest BCUT2D eigenvalue weighted by atomic mass is 10.1. The molecular weight excluding hydrogens is 450 g/mol. The third kappa shape index (κ3) is 5.08. The van der Waals surface area contributed by atoms with Crippen LogP contribution in [0, 0.1) is 0 Å². The summed E-state index contributed by atoms with van der Waals surface area (Å²) in [5.74, 6) is -0.169. The van der Waals surface area contributed by atoms with E-state index in [4.69, 9.17) is 4.74 Å². The van der Waals surface area contributed by atoms with Gasteiger partial charge in [-0.25, -0.2) is 8.42 Å². The largest absolute Gasteiger partial charge is 0.378 e. The highest BCUT2D eigenvalue weighted by Gasteiger charge is 2.22. The van der Waals surface area contributed by atoms with Crippen molar-refractivity contribution in [3.8, 4) is 0 Å². The van der Waals surface area contributed by atoms with E-state index in [2.05, 4.69) is 11.0 Å². The molecule has 0 bridgehead atoms. The van der Waals surface area contributed by atoms with Crippen molar-refractivity contribution in [2.45, 2.75) is 11.4 Å². The van der Waals surface area contributed by atoms with E-state index < -0.39 is 10.0 Å². The summed E-state index contributed by atoms with van der Waals surface area (Å²) in [4.78, 5) is 17.1. The molecule has 1 aliphatic rings. The van der Waals surface area contributed by atoms with Crippen LogP contribution in [0.1, 0.15) is 15.9 Å². The number of nitrogens with zero attached hydrogens (tertiary/aromatic N) is 3. The zero-order valence-electron chi connectivity index (χ0n) is 19.4. The van der Waals surface area contributed by atoms with Gasteiger partial charge in [0, 0.05) is 45.0 Å². The molecule has 1 heterocycles. The third-order valence-corrected chi connectivity index (χ3v) is 7.78. The number of anilines is 2. The van der Waals surface area contributed by atoms with Gasteiger partial charge >= 0.3 is 0 Å². The molecule has 1 saturated heterocycles. The van der Waals surface area contributed by atoms with Crippen LogP contribution in [0.15, 0.2) is 83.8 Å². The monoisotopic (exact) mass is 479 g/mol. The van der Waals surface area contributed by atoms with Crippen molar-refractivity contribution in [1.82, 2.24) is 4.90 Å². The second-order valence-corrected chi connectivity index (χ2v) is 10.2. The number of sulfonamides is 1. The maximum Gasteiger partial charge on any atom is 0.264 e. The van der Waals surface area contributed by atoms with Crippen LogP contribution in [-0.4, -0.2) is 59.6 Å². The standard InChI is InChI=1S/C26H29N3O4S/c1-27(20-22-8-6-7-11-25(22)29-16-18-33-19-17-29)26(30)21-12-14-24(15-13-21)34(31,32)28(2)23-9-4-3-5-10-23/h3-15H,16-20H2,1-2H3. The fraction of sp³-hybridized carbons (Fsp3) is 0.269. The molecular formula is C26H29N3O4S. The average Bonchev–Trinajstić information content (AvgIpc) is 2.89. The summed E-state index contributed by atoms with van der Waals surface area (Å²) in [5, 5.41) is 0. The van der Waals surface area contributed by atoms with E-state index in [0.717, 1.165) is 24.3 Å². The van der Waals surface area contributed by atoms with Crippen molar-refractivity contribution < 1.29 is 17.9 Å². The Morgan fingerprint density at radius 2 is 1.50 bits per heavy atom. The van der Waals surface area contributed by atoms with Gasteiger partial charge in [-0.05, 0) is 48.0 Å². The van der Waals surface area contributed by atoms with Crippen LogP contribution in [-0.2, 0) is 21.3 Å². The minimum atomic E-state index is -3.73. The molecule has 3 aromatic carbocycles.